The first kappa shape index (κ1) is 21.6. The molecule has 5 heteroatoms. The van der Waals surface area contributed by atoms with Gasteiger partial charge in [0.05, 0.1) is 22.7 Å². The maximum atomic E-state index is 14.6. The molecule has 1 amide bonds. The summed E-state index contributed by atoms with van der Waals surface area (Å²) in [6.45, 7) is 0.526. The standard InChI is InChI=1S/C30H26FN3O/c31-27-10-9-26(29(35)33-24-16-30(17-24)12-2-13-30)28-25(27)11-14-34(28)19-20-5-7-22(8-6-20)23-4-1-3-21(15-23)18-32/h1,3-11,14-15,24H,2,12-13,16-17,19H2,(H,33,35). The lowest BCUT2D eigenvalue weighted by atomic mass is 9.54. The largest absolute Gasteiger partial charge is 0.349 e. The summed E-state index contributed by atoms with van der Waals surface area (Å²) >= 11 is 0. The first-order chi connectivity index (χ1) is 17.0. The summed E-state index contributed by atoms with van der Waals surface area (Å²) in [5, 5.41) is 12.8. The predicted molar refractivity (Wildman–Crippen MR) is 134 cm³/mol. The lowest BCUT2D eigenvalue weighted by molar-refractivity contribution is -0.000603. The van der Waals surface area contributed by atoms with Gasteiger partial charge < -0.3 is 9.88 Å². The molecule has 0 unspecified atom stereocenters. The molecule has 2 saturated carbocycles. The van der Waals surface area contributed by atoms with E-state index in [1.807, 2.05) is 53.2 Å². The topological polar surface area (TPSA) is 57.8 Å². The Kier molecular flexibility index (Phi) is 5.18. The molecule has 0 aliphatic heterocycles. The summed E-state index contributed by atoms with van der Waals surface area (Å²) in [5.74, 6) is -0.443. The Labute approximate surface area is 204 Å². The van der Waals surface area contributed by atoms with Gasteiger partial charge in [-0.1, -0.05) is 42.8 Å². The minimum Gasteiger partial charge on any atom is -0.349 e. The molecule has 6 rings (SSSR count). The number of benzene rings is 3. The molecule has 1 aromatic heterocycles. The van der Waals surface area contributed by atoms with Gasteiger partial charge in [0.25, 0.3) is 5.91 Å². The van der Waals surface area contributed by atoms with Gasteiger partial charge in [0.15, 0.2) is 0 Å². The van der Waals surface area contributed by atoms with E-state index in [0.717, 1.165) is 29.5 Å². The molecule has 4 aromatic rings. The lowest BCUT2D eigenvalue weighted by Crippen LogP contribution is -2.53. The molecule has 2 fully saturated rings. The fourth-order valence-electron chi connectivity index (χ4n) is 5.81. The summed E-state index contributed by atoms with van der Waals surface area (Å²) in [5.41, 5.74) is 5.32. The Morgan fingerprint density at radius 1 is 1.06 bits per heavy atom. The highest BCUT2D eigenvalue weighted by Crippen LogP contribution is 2.55. The SMILES string of the molecule is N#Cc1cccc(-c2ccc(Cn3ccc4c(F)ccc(C(=O)NC5CC6(CCC6)C5)c43)cc2)c1. The van der Waals surface area contributed by atoms with Gasteiger partial charge in [-0.05, 0) is 78.1 Å². The molecule has 35 heavy (non-hydrogen) atoms. The van der Waals surface area contributed by atoms with Gasteiger partial charge in [-0.25, -0.2) is 4.39 Å². The van der Waals surface area contributed by atoms with Gasteiger partial charge in [-0.2, -0.15) is 5.26 Å². The second-order valence-corrected chi connectivity index (χ2v) is 10.1. The quantitative estimate of drug-likeness (QED) is 0.371. The Hall–Kier alpha value is -3.91. The third-order valence-corrected chi connectivity index (χ3v) is 7.86. The molecule has 0 bridgehead atoms. The maximum absolute atomic E-state index is 14.6. The third kappa shape index (κ3) is 3.89. The van der Waals surface area contributed by atoms with Crippen LogP contribution in [0.2, 0.25) is 0 Å². The Morgan fingerprint density at radius 3 is 2.57 bits per heavy atom. The number of nitriles is 1. The molecular weight excluding hydrogens is 437 g/mol. The average molecular weight is 464 g/mol. The normalized spacial score (nSPS) is 16.5. The molecule has 174 valence electrons. The smallest absolute Gasteiger partial charge is 0.253 e. The van der Waals surface area contributed by atoms with Crippen LogP contribution in [0, 0.1) is 22.6 Å². The zero-order chi connectivity index (χ0) is 24.0. The van der Waals surface area contributed by atoms with E-state index in [2.05, 4.69) is 11.4 Å². The third-order valence-electron chi connectivity index (χ3n) is 7.86. The zero-order valence-electron chi connectivity index (χ0n) is 19.4. The van der Waals surface area contributed by atoms with Crippen LogP contribution in [-0.4, -0.2) is 16.5 Å². The lowest BCUT2D eigenvalue weighted by Gasteiger charge is -2.54. The monoisotopic (exact) mass is 463 g/mol. The second kappa shape index (κ2) is 8.39. The van der Waals surface area contributed by atoms with Crippen LogP contribution in [0.1, 0.15) is 53.6 Å². The summed E-state index contributed by atoms with van der Waals surface area (Å²) in [4.78, 5) is 13.2. The van der Waals surface area contributed by atoms with Crippen molar-refractivity contribution >= 4 is 16.8 Å². The number of nitrogens with zero attached hydrogens (tertiary/aromatic N) is 2. The van der Waals surface area contributed by atoms with Crippen molar-refractivity contribution in [2.45, 2.75) is 44.7 Å². The number of aromatic nitrogens is 1. The number of hydrogen-bond donors (Lipinski definition) is 1. The Morgan fingerprint density at radius 2 is 1.86 bits per heavy atom. The predicted octanol–water partition coefficient (Wildman–Crippen LogP) is 6.43. The minimum atomic E-state index is -0.319. The number of carbonyl (C=O) groups excluding carboxylic acids is 1. The van der Waals surface area contributed by atoms with Crippen LogP contribution in [0.3, 0.4) is 0 Å². The molecule has 4 nitrogen and oxygen atoms in total. The minimum absolute atomic E-state index is 0.123. The average Bonchev–Trinajstić information content (AvgIpc) is 3.25. The first-order valence-corrected chi connectivity index (χ1v) is 12.2. The van der Waals surface area contributed by atoms with Crippen molar-refractivity contribution in [1.29, 1.82) is 5.26 Å². The number of carbonyl (C=O) groups is 1. The van der Waals surface area contributed by atoms with E-state index in [4.69, 9.17) is 5.26 Å². The number of hydrogen-bond acceptors (Lipinski definition) is 2. The fourth-order valence-corrected chi connectivity index (χ4v) is 5.81. The number of halogens is 1. The molecule has 3 aromatic carbocycles. The van der Waals surface area contributed by atoms with Crippen LogP contribution in [0.25, 0.3) is 22.0 Å². The Bertz CT molecular complexity index is 1470. The van der Waals surface area contributed by atoms with Crippen molar-refractivity contribution in [1.82, 2.24) is 9.88 Å². The van der Waals surface area contributed by atoms with Gasteiger partial charge in [-0.3, -0.25) is 4.79 Å². The summed E-state index contributed by atoms with van der Waals surface area (Å²) in [6.07, 6.45) is 7.85. The molecular formula is C30H26FN3O. The van der Waals surface area contributed by atoms with E-state index >= 15 is 0 Å². The van der Waals surface area contributed by atoms with Crippen LogP contribution >= 0.6 is 0 Å². The second-order valence-electron chi connectivity index (χ2n) is 10.1. The van der Waals surface area contributed by atoms with E-state index in [-0.39, 0.29) is 17.8 Å². The van der Waals surface area contributed by atoms with Crippen molar-refractivity contribution in [2.24, 2.45) is 5.41 Å². The maximum Gasteiger partial charge on any atom is 0.253 e. The highest BCUT2D eigenvalue weighted by molar-refractivity contribution is 6.06. The Balaban J connectivity index is 1.25. The zero-order valence-corrected chi connectivity index (χ0v) is 19.4. The van der Waals surface area contributed by atoms with Crippen LogP contribution in [0.15, 0.2) is 72.9 Å². The first-order valence-electron chi connectivity index (χ1n) is 12.2. The van der Waals surface area contributed by atoms with E-state index in [9.17, 15) is 9.18 Å². The van der Waals surface area contributed by atoms with E-state index in [1.165, 1.54) is 25.3 Å². The van der Waals surface area contributed by atoms with E-state index < -0.39 is 0 Å². The molecule has 1 N–H and O–H groups in total. The van der Waals surface area contributed by atoms with Crippen molar-refractivity contribution < 1.29 is 9.18 Å². The van der Waals surface area contributed by atoms with Crippen molar-refractivity contribution in [3.05, 3.63) is 95.4 Å². The summed E-state index contributed by atoms with van der Waals surface area (Å²) in [7, 11) is 0. The number of fused-ring (bicyclic) bond motifs is 1. The summed E-state index contributed by atoms with van der Waals surface area (Å²) < 4.78 is 16.6. The molecule has 1 spiro atoms. The van der Waals surface area contributed by atoms with Crippen LogP contribution in [-0.2, 0) is 6.54 Å². The molecule has 0 saturated heterocycles. The summed E-state index contributed by atoms with van der Waals surface area (Å²) in [6, 6.07) is 22.8. The van der Waals surface area contributed by atoms with Crippen LogP contribution < -0.4 is 5.32 Å². The number of nitrogens with one attached hydrogen (secondary N) is 1. The van der Waals surface area contributed by atoms with E-state index in [0.29, 0.717) is 34.0 Å². The van der Waals surface area contributed by atoms with Crippen molar-refractivity contribution in [3.63, 3.8) is 0 Å². The van der Waals surface area contributed by atoms with Gasteiger partial charge in [0.1, 0.15) is 5.82 Å². The van der Waals surface area contributed by atoms with Gasteiger partial charge in [0, 0.05) is 24.2 Å². The molecule has 0 radical (unpaired) electrons. The highest BCUT2D eigenvalue weighted by atomic mass is 19.1. The number of amides is 1. The highest BCUT2D eigenvalue weighted by Gasteiger charge is 2.48. The van der Waals surface area contributed by atoms with Crippen LogP contribution in [0.4, 0.5) is 4.39 Å². The van der Waals surface area contributed by atoms with Gasteiger partial charge in [0.2, 0.25) is 0 Å². The number of rotatable bonds is 5. The van der Waals surface area contributed by atoms with Crippen LogP contribution in [0.5, 0.6) is 0 Å². The molecule has 0 atom stereocenters. The van der Waals surface area contributed by atoms with Gasteiger partial charge >= 0.3 is 0 Å². The van der Waals surface area contributed by atoms with E-state index in [1.54, 1.807) is 18.2 Å². The molecule has 2 aliphatic carbocycles. The molecule has 1 heterocycles. The van der Waals surface area contributed by atoms with Crippen molar-refractivity contribution in [2.75, 3.05) is 0 Å². The molecule has 2 aliphatic rings. The van der Waals surface area contributed by atoms with Crippen molar-refractivity contribution in [3.8, 4) is 17.2 Å². The fraction of sp³-hybridized carbons (Fsp3) is 0.267. The van der Waals surface area contributed by atoms with Gasteiger partial charge in [-0.15, -0.1) is 0 Å².